The lowest BCUT2D eigenvalue weighted by Crippen LogP contribution is -2.41. The molecule has 7 nitrogen and oxygen atoms in total. The van der Waals surface area contributed by atoms with Gasteiger partial charge in [0, 0.05) is 11.1 Å². The van der Waals surface area contributed by atoms with Gasteiger partial charge < -0.3 is 10.1 Å². The van der Waals surface area contributed by atoms with Gasteiger partial charge in [0.05, 0.1) is 0 Å². The van der Waals surface area contributed by atoms with Gasteiger partial charge in [0.2, 0.25) is 0 Å². The van der Waals surface area contributed by atoms with Crippen LogP contribution in [0.15, 0.2) is 54.6 Å². The Labute approximate surface area is 175 Å². The number of hydrogen-bond acceptors (Lipinski definition) is 5. The highest BCUT2D eigenvalue weighted by Crippen LogP contribution is 2.22. The summed E-state index contributed by atoms with van der Waals surface area (Å²) in [4.78, 5) is 48.1. The summed E-state index contributed by atoms with van der Waals surface area (Å²) in [6, 6.07) is 14.3. The number of hydrogen-bond donors (Lipinski definition) is 2. The molecule has 0 aromatic heterocycles. The number of amides is 3. The van der Waals surface area contributed by atoms with Crippen molar-refractivity contribution in [3.05, 3.63) is 71.3 Å². The molecule has 0 unspecified atom stereocenters. The van der Waals surface area contributed by atoms with Crippen molar-refractivity contribution in [1.82, 2.24) is 10.6 Å². The third-order valence-electron chi connectivity index (χ3n) is 4.35. The van der Waals surface area contributed by atoms with Crippen molar-refractivity contribution in [2.45, 2.75) is 39.2 Å². The molecule has 0 aliphatic rings. The third kappa shape index (κ3) is 6.55. The highest BCUT2D eigenvalue weighted by molar-refractivity contribution is 6.05. The van der Waals surface area contributed by atoms with Gasteiger partial charge in [0.25, 0.3) is 17.7 Å². The summed E-state index contributed by atoms with van der Waals surface area (Å²) in [6.45, 7) is 7.05. The predicted octanol–water partition coefficient (Wildman–Crippen LogP) is 2.60. The lowest BCUT2D eigenvalue weighted by atomic mass is 9.86. The molecule has 0 radical (unpaired) electrons. The maximum absolute atomic E-state index is 12.3. The molecule has 158 valence electrons. The van der Waals surface area contributed by atoms with E-state index in [-0.39, 0.29) is 5.41 Å². The predicted molar refractivity (Wildman–Crippen MR) is 112 cm³/mol. The summed E-state index contributed by atoms with van der Waals surface area (Å²) in [5.41, 5.74) is 1.78. The van der Waals surface area contributed by atoms with Gasteiger partial charge in [-0.1, -0.05) is 51.1 Å². The van der Waals surface area contributed by atoms with Crippen molar-refractivity contribution >= 4 is 23.7 Å². The maximum Gasteiger partial charge on any atom is 0.328 e. The molecule has 2 aromatic carbocycles. The third-order valence-corrected chi connectivity index (χ3v) is 4.35. The average Bonchev–Trinajstić information content (AvgIpc) is 2.72. The number of benzene rings is 2. The molecule has 2 rings (SSSR count). The van der Waals surface area contributed by atoms with E-state index in [0.29, 0.717) is 11.1 Å². The van der Waals surface area contributed by atoms with Crippen LogP contribution < -0.4 is 10.6 Å². The molecule has 0 spiro atoms. The largest absolute Gasteiger partial charge is 0.454 e. The van der Waals surface area contributed by atoms with E-state index in [1.54, 1.807) is 42.5 Å². The van der Waals surface area contributed by atoms with Gasteiger partial charge in [-0.05, 0) is 42.2 Å². The number of rotatable bonds is 6. The molecule has 0 heterocycles. The lowest BCUT2D eigenvalue weighted by Gasteiger charge is -2.19. The fourth-order valence-corrected chi connectivity index (χ4v) is 2.55. The molecular weight excluding hydrogens is 384 g/mol. The second-order valence-electron chi connectivity index (χ2n) is 7.87. The number of imide groups is 1. The first-order chi connectivity index (χ1) is 14.1. The van der Waals surface area contributed by atoms with Crippen LogP contribution in [0.5, 0.6) is 0 Å². The topological polar surface area (TPSA) is 102 Å². The summed E-state index contributed by atoms with van der Waals surface area (Å²) in [7, 11) is 0. The zero-order valence-corrected chi connectivity index (χ0v) is 17.5. The maximum atomic E-state index is 12.3. The van der Waals surface area contributed by atoms with E-state index in [2.05, 4.69) is 31.4 Å². The van der Waals surface area contributed by atoms with Crippen molar-refractivity contribution in [3.8, 4) is 0 Å². The number of carbonyl (C=O) groups is 4. The number of ether oxygens (including phenoxy) is 1. The number of nitrogens with one attached hydrogen (secondary N) is 2. The molecule has 2 N–H and O–H groups in total. The number of esters is 1. The van der Waals surface area contributed by atoms with Crippen LogP contribution in [0.25, 0.3) is 0 Å². The molecule has 0 bridgehead atoms. The van der Waals surface area contributed by atoms with Gasteiger partial charge in [-0.15, -0.1) is 0 Å². The molecular formula is C23H26N2O5. The van der Waals surface area contributed by atoms with E-state index in [4.69, 9.17) is 4.74 Å². The minimum Gasteiger partial charge on any atom is -0.454 e. The van der Waals surface area contributed by atoms with Gasteiger partial charge >= 0.3 is 5.97 Å². The second-order valence-corrected chi connectivity index (χ2v) is 7.87. The van der Waals surface area contributed by atoms with E-state index in [1.807, 2.05) is 12.1 Å². The number of carbonyl (C=O) groups excluding carboxylic acids is 4. The van der Waals surface area contributed by atoms with E-state index in [0.717, 1.165) is 5.56 Å². The first kappa shape index (κ1) is 22.8. The Morgan fingerprint density at radius 2 is 1.43 bits per heavy atom. The Balaban J connectivity index is 1.82. The fraction of sp³-hybridized carbons (Fsp3) is 0.304. The molecule has 3 amide bonds. The van der Waals surface area contributed by atoms with Crippen molar-refractivity contribution in [1.29, 1.82) is 0 Å². The smallest absolute Gasteiger partial charge is 0.328 e. The van der Waals surface area contributed by atoms with Crippen molar-refractivity contribution in [2.24, 2.45) is 0 Å². The van der Waals surface area contributed by atoms with Crippen LogP contribution in [0.3, 0.4) is 0 Å². The van der Waals surface area contributed by atoms with Crippen molar-refractivity contribution in [3.63, 3.8) is 0 Å². The van der Waals surface area contributed by atoms with Crippen molar-refractivity contribution < 1.29 is 23.9 Å². The molecule has 0 fully saturated rings. The Bertz CT molecular complexity index is 915. The Morgan fingerprint density at radius 1 is 0.867 bits per heavy atom. The molecule has 7 heteroatoms. The summed E-state index contributed by atoms with van der Waals surface area (Å²) in [5, 5.41) is 4.66. The van der Waals surface area contributed by atoms with Crippen LogP contribution >= 0.6 is 0 Å². The van der Waals surface area contributed by atoms with E-state index >= 15 is 0 Å². The van der Waals surface area contributed by atoms with Gasteiger partial charge in [0.1, 0.15) is 6.04 Å². The summed E-state index contributed by atoms with van der Waals surface area (Å²) in [5.74, 6) is -2.55. The highest BCUT2D eigenvalue weighted by atomic mass is 16.5. The zero-order chi connectivity index (χ0) is 22.3. The second kappa shape index (κ2) is 9.82. The molecule has 0 aliphatic heterocycles. The van der Waals surface area contributed by atoms with Gasteiger partial charge in [-0.3, -0.25) is 19.7 Å². The molecule has 0 saturated heterocycles. The van der Waals surface area contributed by atoms with Crippen LogP contribution in [-0.4, -0.2) is 36.3 Å². The lowest BCUT2D eigenvalue weighted by molar-refractivity contribution is -0.149. The summed E-state index contributed by atoms with van der Waals surface area (Å²) in [6.07, 6.45) is 0. The fourth-order valence-electron chi connectivity index (χ4n) is 2.55. The first-order valence-electron chi connectivity index (χ1n) is 9.55. The average molecular weight is 410 g/mol. The van der Waals surface area contributed by atoms with Crippen LogP contribution in [0, 0.1) is 0 Å². The SMILES string of the molecule is C[C@H](NC(=O)c1ccc(C(C)(C)C)cc1)C(=O)OCC(=O)NC(=O)c1ccccc1. The molecule has 0 saturated carbocycles. The molecule has 0 aliphatic carbocycles. The van der Waals surface area contributed by atoms with Gasteiger partial charge in [-0.25, -0.2) is 4.79 Å². The normalized spacial score (nSPS) is 11.9. The quantitative estimate of drug-likeness (QED) is 0.713. The Kier molecular flexibility index (Phi) is 7.47. The van der Waals surface area contributed by atoms with Gasteiger partial charge in [0.15, 0.2) is 6.61 Å². The van der Waals surface area contributed by atoms with E-state index < -0.39 is 36.3 Å². The Morgan fingerprint density at radius 3 is 2.00 bits per heavy atom. The van der Waals surface area contributed by atoms with Crippen LogP contribution in [0.2, 0.25) is 0 Å². The van der Waals surface area contributed by atoms with E-state index in [1.165, 1.54) is 6.92 Å². The minimum absolute atomic E-state index is 0.0332. The van der Waals surface area contributed by atoms with Crippen molar-refractivity contribution in [2.75, 3.05) is 6.61 Å². The molecule has 1 atom stereocenters. The summed E-state index contributed by atoms with van der Waals surface area (Å²) >= 11 is 0. The van der Waals surface area contributed by atoms with Crippen LogP contribution in [0.4, 0.5) is 0 Å². The monoisotopic (exact) mass is 410 g/mol. The summed E-state index contributed by atoms with van der Waals surface area (Å²) < 4.78 is 4.89. The standard InChI is InChI=1S/C23H26N2O5/c1-15(24-20(27)17-10-12-18(13-11-17)23(2,3)4)22(29)30-14-19(26)25-21(28)16-8-6-5-7-9-16/h5-13,15H,14H2,1-4H3,(H,24,27)(H,25,26,28)/t15-/m0/s1. The highest BCUT2D eigenvalue weighted by Gasteiger charge is 2.20. The molecule has 30 heavy (non-hydrogen) atoms. The van der Waals surface area contributed by atoms with Crippen LogP contribution in [-0.2, 0) is 19.7 Å². The Hall–Kier alpha value is -3.48. The zero-order valence-electron chi connectivity index (χ0n) is 17.5. The minimum atomic E-state index is -0.961. The van der Waals surface area contributed by atoms with Crippen LogP contribution in [0.1, 0.15) is 54.0 Å². The first-order valence-corrected chi connectivity index (χ1v) is 9.55. The van der Waals surface area contributed by atoms with E-state index in [9.17, 15) is 19.2 Å². The van der Waals surface area contributed by atoms with Gasteiger partial charge in [-0.2, -0.15) is 0 Å². The molecule has 2 aromatic rings.